The lowest BCUT2D eigenvalue weighted by molar-refractivity contribution is 0.658. The summed E-state index contributed by atoms with van der Waals surface area (Å²) in [6.45, 7) is 7.76. The van der Waals surface area contributed by atoms with E-state index in [-0.39, 0.29) is 0 Å². The topological polar surface area (TPSA) is 47.1 Å². The van der Waals surface area contributed by atoms with Gasteiger partial charge in [-0.05, 0) is 31.0 Å². The van der Waals surface area contributed by atoms with Crippen molar-refractivity contribution in [2.24, 2.45) is 5.73 Å². The van der Waals surface area contributed by atoms with Crippen LogP contribution in [-0.4, -0.2) is 16.3 Å². The van der Waals surface area contributed by atoms with Crippen molar-refractivity contribution < 1.29 is 0 Å². The first-order valence-electron chi connectivity index (χ1n) is 7.32. The normalized spacial score (nSPS) is 10.8. The smallest absolute Gasteiger partial charge is 0.0539 e. The Labute approximate surface area is 121 Å². The fourth-order valence-corrected chi connectivity index (χ4v) is 2.29. The first kappa shape index (κ1) is 14.6. The first-order chi connectivity index (χ1) is 9.76. The van der Waals surface area contributed by atoms with Gasteiger partial charge >= 0.3 is 0 Å². The standard InChI is InChI=1S/C16H24N4/c1-3-9-19(12-15-11-18-20(4-2)13-15)16-7-5-14(10-17)6-8-16/h5-8,11,13H,3-4,9-10,12,17H2,1-2H3. The van der Waals surface area contributed by atoms with Crippen LogP contribution >= 0.6 is 0 Å². The van der Waals surface area contributed by atoms with E-state index in [0.717, 1.165) is 26.1 Å². The molecule has 4 nitrogen and oxygen atoms in total. The van der Waals surface area contributed by atoms with Gasteiger partial charge in [0, 0.05) is 43.6 Å². The maximum Gasteiger partial charge on any atom is 0.0539 e. The molecule has 0 aliphatic carbocycles. The molecule has 1 aromatic carbocycles. The number of nitrogens with two attached hydrogens (primary N) is 1. The number of benzene rings is 1. The maximum absolute atomic E-state index is 5.65. The number of anilines is 1. The van der Waals surface area contributed by atoms with Gasteiger partial charge in [0.15, 0.2) is 0 Å². The average Bonchev–Trinajstić information content (AvgIpc) is 2.95. The molecular formula is C16H24N4. The maximum atomic E-state index is 5.65. The summed E-state index contributed by atoms with van der Waals surface area (Å²) >= 11 is 0. The molecule has 0 amide bonds. The number of hydrogen-bond acceptors (Lipinski definition) is 3. The van der Waals surface area contributed by atoms with Gasteiger partial charge in [0.05, 0.1) is 6.20 Å². The van der Waals surface area contributed by atoms with Crippen molar-refractivity contribution >= 4 is 5.69 Å². The fraction of sp³-hybridized carbons (Fsp3) is 0.438. The van der Waals surface area contributed by atoms with Crippen LogP contribution in [0.25, 0.3) is 0 Å². The number of rotatable bonds is 7. The van der Waals surface area contributed by atoms with Crippen LogP contribution in [0.15, 0.2) is 36.7 Å². The second-order valence-electron chi connectivity index (χ2n) is 5.00. The second kappa shape index (κ2) is 7.10. The Hall–Kier alpha value is -1.81. The highest BCUT2D eigenvalue weighted by Crippen LogP contribution is 2.18. The van der Waals surface area contributed by atoms with Crippen LogP contribution in [0.1, 0.15) is 31.4 Å². The van der Waals surface area contributed by atoms with Gasteiger partial charge in [-0.3, -0.25) is 4.68 Å². The van der Waals surface area contributed by atoms with Crippen LogP contribution in [0.5, 0.6) is 0 Å². The van der Waals surface area contributed by atoms with E-state index in [2.05, 4.69) is 54.3 Å². The average molecular weight is 272 g/mol. The van der Waals surface area contributed by atoms with E-state index in [4.69, 9.17) is 5.73 Å². The van der Waals surface area contributed by atoms with Crippen molar-refractivity contribution in [3.8, 4) is 0 Å². The highest BCUT2D eigenvalue weighted by molar-refractivity contribution is 5.48. The third-order valence-corrected chi connectivity index (χ3v) is 3.41. The van der Waals surface area contributed by atoms with E-state index in [0.29, 0.717) is 6.54 Å². The quantitative estimate of drug-likeness (QED) is 0.843. The molecule has 1 heterocycles. The summed E-state index contributed by atoms with van der Waals surface area (Å²) < 4.78 is 1.97. The van der Waals surface area contributed by atoms with Crippen molar-refractivity contribution in [3.63, 3.8) is 0 Å². The van der Waals surface area contributed by atoms with Gasteiger partial charge in [-0.15, -0.1) is 0 Å². The molecule has 20 heavy (non-hydrogen) atoms. The Bertz CT molecular complexity index is 516. The predicted octanol–water partition coefficient (Wildman–Crippen LogP) is 2.78. The Morgan fingerprint density at radius 3 is 2.45 bits per heavy atom. The van der Waals surface area contributed by atoms with Gasteiger partial charge in [-0.2, -0.15) is 5.10 Å². The highest BCUT2D eigenvalue weighted by Gasteiger charge is 2.08. The summed E-state index contributed by atoms with van der Waals surface area (Å²) in [5, 5.41) is 4.34. The number of aromatic nitrogens is 2. The van der Waals surface area contributed by atoms with Crippen LogP contribution in [0.3, 0.4) is 0 Å². The summed E-state index contributed by atoms with van der Waals surface area (Å²) in [6.07, 6.45) is 5.21. The molecule has 0 saturated heterocycles. The molecule has 2 N–H and O–H groups in total. The zero-order valence-electron chi connectivity index (χ0n) is 12.4. The van der Waals surface area contributed by atoms with E-state index in [1.807, 2.05) is 10.9 Å². The molecule has 0 spiro atoms. The molecule has 108 valence electrons. The van der Waals surface area contributed by atoms with Crippen molar-refractivity contribution in [1.29, 1.82) is 0 Å². The van der Waals surface area contributed by atoms with Gasteiger partial charge in [-0.1, -0.05) is 19.1 Å². The molecule has 2 aromatic rings. The minimum atomic E-state index is 0.595. The Balaban J connectivity index is 2.12. The molecule has 0 aliphatic heterocycles. The third-order valence-electron chi connectivity index (χ3n) is 3.41. The summed E-state index contributed by atoms with van der Waals surface area (Å²) in [5.74, 6) is 0. The third kappa shape index (κ3) is 3.61. The van der Waals surface area contributed by atoms with E-state index in [1.54, 1.807) is 0 Å². The Morgan fingerprint density at radius 2 is 1.90 bits per heavy atom. The number of hydrogen-bond donors (Lipinski definition) is 1. The minimum Gasteiger partial charge on any atom is -0.367 e. The highest BCUT2D eigenvalue weighted by atomic mass is 15.3. The first-order valence-corrected chi connectivity index (χ1v) is 7.32. The lowest BCUT2D eigenvalue weighted by atomic mass is 10.2. The molecule has 0 saturated carbocycles. The second-order valence-corrected chi connectivity index (χ2v) is 5.00. The Kier molecular flexibility index (Phi) is 5.18. The summed E-state index contributed by atoms with van der Waals surface area (Å²) in [4.78, 5) is 2.39. The van der Waals surface area contributed by atoms with Crippen molar-refractivity contribution in [2.45, 2.75) is 39.9 Å². The summed E-state index contributed by atoms with van der Waals surface area (Å²) in [7, 11) is 0. The van der Waals surface area contributed by atoms with Gasteiger partial charge in [0.1, 0.15) is 0 Å². The van der Waals surface area contributed by atoms with Gasteiger partial charge in [-0.25, -0.2) is 0 Å². The van der Waals surface area contributed by atoms with Crippen LogP contribution < -0.4 is 10.6 Å². The van der Waals surface area contributed by atoms with Gasteiger partial charge in [0.2, 0.25) is 0 Å². The lowest BCUT2D eigenvalue weighted by Crippen LogP contribution is -2.23. The fourth-order valence-electron chi connectivity index (χ4n) is 2.29. The van der Waals surface area contributed by atoms with E-state index >= 15 is 0 Å². The number of nitrogens with zero attached hydrogens (tertiary/aromatic N) is 3. The Morgan fingerprint density at radius 1 is 1.15 bits per heavy atom. The summed E-state index contributed by atoms with van der Waals surface area (Å²) in [6, 6.07) is 8.52. The lowest BCUT2D eigenvalue weighted by Gasteiger charge is -2.24. The molecule has 0 atom stereocenters. The molecule has 0 unspecified atom stereocenters. The molecule has 2 rings (SSSR count). The van der Waals surface area contributed by atoms with Gasteiger partial charge < -0.3 is 10.6 Å². The van der Waals surface area contributed by atoms with Crippen molar-refractivity contribution in [3.05, 3.63) is 47.8 Å². The number of aryl methyl sites for hydroxylation is 1. The molecule has 0 radical (unpaired) electrons. The van der Waals surface area contributed by atoms with Crippen LogP contribution in [0.4, 0.5) is 5.69 Å². The minimum absolute atomic E-state index is 0.595. The van der Waals surface area contributed by atoms with E-state index < -0.39 is 0 Å². The van der Waals surface area contributed by atoms with Gasteiger partial charge in [0.25, 0.3) is 0 Å². The van der Waals surface area contributed by atoms with E-state index in [1.165, 1.54) is 16.8 Å². The van der Waals surface area contributed by atoms with Crippen LogP contribution in [0.2, 0.25) is 0 Å². The summed E-state index contributed by atoms with van der Waals surface area (Å²) in [5.41, 5.74) is 9.32. The molecule has 0 fully saturated rings. The zero-order chi connectivity index (χ0) is 14.4. The zero-order valence-corrected chi connectivity index (χ0v) is 12.4. The van der Waals surface area contributed by atoms with Crippen molar-refractivity contribution in [1.82, 2.24) is 9.78 Å². The molecule has 4 heteroatoms. The molecular weight excluding hydrogens is 248 g/mol. The molecule has 1 aromatic heterocycles. The van der Waals surface area contributed by atoms with Crippen LogP contribution in [-0.2, 0) is 19.6 Å². The SMILES string of the molecule is CCCN(Cc1cnn(CC)c1)c1ccc(CN)cc1. The van der Waals surface area contributed by atoms with Crippen LogP contribution in [0, 0.1) is 0 Å². The predicted molar refractivity (Wildman–Crippen MR) is 83.6 cm³/mol. The monoisotopic (exact) mass is 272 g/mol. The van der Waals surface area contributed by atoms with E-state index in [9.17, 15) is 0 Å². The van der Waals surface area contributed by atoms with Crippen molar-refractivity contribution in [2.75, 3.05) is 11.4 Å². The largest absolute Gasteiger partial charge is 0.367 e. The molecule has 0 bridgehead atoms. The molecule has 0 aliphatic rings.